The third-order valence-corrected chi connectivity index (χ3v) is 5.93. The summed E-state index contributed by atoms with van der Waals surface area (Å²) in [5.74, 6) is 0.740. The third kappa shape index (κ3) is 3.00. The standard InChI is InChI=1S/C23H23N3O/c27-23(26-12-11-25-15-22(26)17-7-4-10-24-14-17)21-13-20(21)19-9-3-6-16-5-1-2-8-18(16)19/h1-10,14,20-22,25H,11-13,15H2. The van der Waals surface area contributed by atoms with Crippen LogP contribution in [0.4, 0.5) is 0 Å². The zero-order valence-electron chi connectivity index (χ0n) is 15.2. The number of benzene rings is 2. The highest BCUT2D eigenvalue weighted by atomic mass is 16.2. The average molecular weight is 357 g/mol. The molecule has 2 aliphatic rings. The maximum atomic E-state index is 13.3. The fourth-order valence-corrected chi connectivity index (χ4v) is 4.44. The van der Waals surface area contributed by atoms with Crippen molar-refractivity contribution in [3.8, 4) is 0 Å². The Morgan fingerprint density at radius 3 is 2.85 bits per heavy atom. The van der Waals surface area contributed by atoms with Crippen molar-refractivity contribution < 1.29 is 4.79 Å². The quantitative estimate of drug-likeness (QED) is 0.780. The van der Waals surface area contributed by atoms with Gasteiger partial charge in [-0.3, -0.25) is 9.78 Å². The van der Waals surface area contributed by atoms with Crippen LogP contribution in [0.2, 0.25) is 0 Å². The van der Waals surface area contributed by atoms with Crippen LogP contribution < -0.4 is 5.32 Å². The lowest BCUT2D eigenvalue weighted by atomic mass is 9.99. The van der Waals surface area contributed by atoms with Gasteiger partial charge in [-0.05, 0) is 40.3 Å². The van der Waals surface area contributed by atoms with Gasteiger partial charge in [-0.2, -0.15) is 0 Å². The van der Waals surface area contributed by atoms with E-state index in [2.05, 4.69) is 63.7 Å². The van der Waals surface area contributed by atoms with E-state index in [0.717, 1.165) is 31.6 Å². The molecule has 1 N–H and O–H groups in total. The molecule has 2 fully saturated rings. The molecule has 3 atom stereocenters. The summed E-state index contributed by atoms with van der Waals surface area (Å²) in [6.45, 7) is 2.41. The highest BCUT2D eigenvalue weighted by Crippen LogP contribution is 2.51. The minimum absolute atomic E-state index is 0.0775. The van der Waals surface area contributed by atoms with Crippen LogP contribution in [0.1, 0.15) is 29.5 Å². The fraction of sp³-hybridized carbons (Fsp3) is 0.304. The van der Waals surface area contributed by atoms with Crippen LogP contribution in [0.25, 0.3) is 10.8 Å². The van der Waals surface area contributed by atoms with Crippen molar-refractivity contribution in [1.82, 2.24) is 15.2 Å². The first-order valence-corrected chi connectivity index (χ1v) is 9.72. The SMILES string of the molecule is O=C(C1CC1c1cccc2ccccc12)N1CCNCC1c1cccnc1. The van der Waals surface area contributed by atoms with Gasteiger partial charge in [0.05, 0.1) is 6.04 Å². The van der Waals surface area contributed by atoms with Gasteiger partial charge in [0.15, 0.2) is 0 Å². The van der Waals surface area contributed by atoms with E-state index in [1.54, 1.807) is 6.20 Å². The molecule has 5 rings (SSSR count). The lowest BCUT2D eigenvalue weighted by Crippen LogP contribution is -2.49. The fourth-order valence-electron chi connectivity index (χ4n) is 4.44. The zero-order chi connectivity index (χ0) is 18.2. The predicted molar refractivity (Wildman–Crippen MR) is 106 cm³/mol. The second-order valence-electron chi connectivity index (χ2n) is 7.55. The maximum absolute atomic E-state index is 13.3. The van der Waals surface area contributed by atoms with Gasteiger partial charge in [-0.1, -0.05) is 48.5 Å². The number of nitrogens with one attached hydrogen (secondary N) is 1. The number of hydrogen-bond donors (Lipinski definition) is 1. The van der Waals surface area contributed by atoms with Crippen molar-refractivity contribution in [3.63, 3.8) is 0 Å². The van der Waals surface area contributed by atoms with E-state index in [1.807, 2.05) is 12.3 Å². The highest BCUT2D eigenvalue weighted by molar-refractivity contribution is 5.89. The average Bonchev–Trinajstić information content (AvgIpc) is 3.54. The lowest BCUT2D eigenvalue weighted by molar-refractivity contribution is -0.136. The minimum atomic E-state index is 0.0775. The molecule has 3 unspecified atom stereocenters. The molecule has 1 aromatic heterocycles. The molecule has 2 heterocycles. The van der Waals surface area contributed by atoms with Gasteiger partial charge in [0.2, 0.25) is 5.91 Å². The van der Waals surface area contributed by atoms with E-state index in [0.29, 0.717) is 11.8 Å². The summed E-state index contributed by atoms with van der Waals surface area (Å²) < 4.78 is 0. The summed E-state index contributed by atoms with van der Waals surface area (Å²) in [7, 11) is 0. The van der Waals surface area contributed by atoms with E-state index in [1.165, 1.54) is 16.3 Å². The second kappa shape index (κ2) is 6.78. The first kappa shape index (κ1) is 16.5. The van der Waals surface area contributed by atoms with Crippen molar-refractivity contribution >= 4 is 16.7 Å². The van der Waals surface area contributed by atoms with Crippen LogP contribution in [0.15, 0.2) is 67.0 Å². The van der Waals surface area contributed by atoms with E-state index < -0.39 is 0 Å². The van der Waals surface area contributed by atoms with Crippen LogP contribution in [0, 0.1) is 5.92 Å². The monoisotopic (exact) mass is 357 g/mol. The summed E-state index contributed by atoms with van der Waals surface area (Å²) in [6, 6.07) is 19.0. The normalized spacial score (nSPS) is 24.7. The number of pyridine rings is 1. The first-order chi connectivity index (χ1) is 13.3. The van der Waals surface area contributed by atoms with Gasteiger partial charge in [0.25, 0.3) is 0 Å². The van der Waals surface area contributed by atoms with E-state index in [4.69, 9.17) is 0 Å². The zero-order valence-corrected chi connectivity index (χ0v) is 15.2. The minimum Gasteiger partial charge on any atom is -0.333 e. The van der Waals surface area contributed by atoms with Crippen molar-refractivity contribution in [2.45, 2.75) is 18.4 Å². The number of aromatic nitrogens is 1. The Balaban J connectivity index is 1.40. The Morgan fingerprint density at radius 2 is 1.96 bits per heavy atom. The maximum Gasteiger partial charge on any atom is 0.226 e. The Kier molecular flexibility index (Phi) is 4.13. The number of amides is 1. The number of carbonyl (C=O) groups excluding carboxylic acids is 1. The predicted octanol–water partition coefficient (Wildman–Crippen LogP) is 3.51. The third-order valence-electron chi connectivity index (χ3n) is 5.93. The van der Waals surface area contributed by atoms with Crippen molar-refractivity contribution in [1.29, 1.82) is 0 Å². The molecule has 1 aliphatic carbocycles. The summed E-state index contributed by atoms with van der Waals surface area (Å²) in [5, 5.41) is 5.96. The van der Waals surface area contributed by atoms with E-state index in [9.17, 15) is 4.79 Å². The number of fused-ring (bicyclic) bond motifs is 1. The summed E-state index contributed by atoms with van der Waals surface area (Å²) in [6.07, 6.45) is 4.62. The van der Waals surface area contributed by atoms with E-state index in [-0.39, 0.29) is 12.0 Å². The molecule has 3 aromatic rings. The van der Waals surface area contributed by atoms with Gasteiger partial charge < -0.3 is 10.2 Å². The molecule has 27 heavy (non-hydrogen) atoms. The Labute approximate surface area is 159 Å². The Morgan fingerprint density at radius 1 is 1.07 bits per heavy atom. The summed E-state index contributed by atoms with van der Waals surface area (Å²) >= 11 is 0. The summed E-state index contributed by atoms with van der Waals surface area (Å²) in [4.78, 5) is 19.7. The lowest BCUT2D eigenvalue weighted by Gasteiger charge is -2.36. The van der Waals surface area contributed by atoms with Crippen molar-refractivity contribution in [3.05, 3.63) is 78.1 Å². The smallest absolute Gasteiger partial charge is 0.226 e. The van der Waals surface area contributed by atoms with E-state index >= 15 is 0 Å². The Bertz CT molecular complexity index is 966. The van der Waals surface area contributed by atoms with Crippen molar-refractivity contribution in [2.24, 2.45) is 5.92 Å². The van der Waals surface area contributed by atoms with Gasteiger partial charge in [0, 0.05) is 37.9 Å². The molecule has 4 heteroatoms. The van der Waals surface area contributed by atoms with Gasteiger partial charge in [0.1, 0.15) is 0 Å². The molecule has 1 saturated carbocycles. The molecule has 136 valence electrons. The Hall–Kier alpha value is -2.72. The number of hydrogen-bond acceptors (Lipinski definition) is 3. The molecular weight excluding hydrogens is 334 g/mol. The molecule has 1 aliphatic heterocycles. The topological polar surface area (TPSA) is 45.2 Å². The second-order valence-corrected chi connectivity index (χ2v) is 7.55. The number of rotatable bonds is 3. The number of carbonyl (C=O) groups is 1. The molecule has 0 bridgehead atoms. The highest BCUT2D eigenvalue weighted by Gasteiger charge is 2.47. The van der Waals surface area contributed by atoms with Gasteiger partial charge >= 0.3 is 0 Å². The molecule has 1 amide bonds. The molecule has 0 spiro atoms. The first-order valence-electron chi connectivity index (χ1n) is 9.72. The van der Waals surface area contributed by atoms with Crippen LogP contribution in [-0.4, -0.2) is 35.4 Å². The van der Waals surface area contributed by atoms with Crippen LogP contribution >= 0.6 is 0 Å². The largest absolute Gasteiger partial charge is 0.333 e. The number of piperazine rings is 1. The molecule has 4 nitrogen and oxygen atoms in total. The molecular formula is C23H23N3O. The van der Waals surface area contributed by atoms with Gasteiger partial charge in [-0.15, -0.1) is 0 Å². The van der Waals surface area contributed by atoms with Crippen LogP contribution in [0.5, 0.6) is 0 Å². The molecule has 2 aromatic carbocycles. The number of nitrogens with zero attached hydrogens (tertiary/aromatic N) is 2. The summed E-state index contributed by atoms with van der Waals surface area (Å²) in [5.41, 5.74) is 2.43. The molecule has 1 saturated heterocycles. The van der Waals surface area contributed by atoms with Gasteiger partial charge in [-0.25, -0.2) is 0 Å². The van der Waals surface area contributed by atoms with Crippen molar-refractivity contribution in [2.75, 3.05) is 19.6 Å². The van der Waals surface area contributed by atoms with Crippen LogP contribution in [0.3, 0.4) is 0 Å². The molecule has 0 radical (unpaired) electrons. The van der Waals surface area contributed by atoms with Crippen LogP contribution in [-0.2, 0) is 4.79 Å².